The van der Waals surface area contributed by atoms with Gasteiger partial charge in [-0.25, -0.2) is 0 Å². The van der Waals surface area contributed by atoms with Gasteiger partial charge in [-0.1, -0.05) is 17.6 Å². The Morgan fingerprint density at radius 2 is 1.88 bits per heavy atom. The van der Waals surface area contributed by atoms with Crippen molar-refractivity contribution in [1.82, 2.24) is 4.98 Å². The number of hydrogen-bond acceptors (Lipinski definition) is 8. The summed E-state index contributed by atoms with van der Waals surface area (Å²) in [6.45, 7) is 0. The number of phenolic OH excluding ortho intramolecular Hbond substituents is 1. The van der Waals surface area contributed by atoms with Crippen LogP contribution in [-0.2, 0) is 16.0 Å². The molecule has 5 rings (SSSR count). The number of nitrogens with zero attached hydrogens (tertiary/aromatic N) is 1. The minimum atomic E-state index is -2.57. The number of amides is 1. The molecule has 9 nitrogen and oxygen atoms in total. The van der Waals surface area contributed by atoms with Gasteiger partial charge in [0, 0.05) is 30.3 Å². The molecule has 2 aromatic rings. The molecule has 0 spiro atoms. The summed E-state index contributed by atoms with van der Waals surface area (Å²) in [5.74, 6) is -6.42. The molecule has 10 heteroatoms. The average molecular weight is 460 g/mol. The fourth-order valence-corrected chi connectivity index (χ4v) is 5.59. The largest absolute Gasteiger partial charge is 0.511 e. The zero-order chi connectivity index (χ0) is 24.5. The average Bonchev–Trinajstić information content (AvgIpc) is 2.76. The Labute approximate surface area is 194 Å². The smallest absolute Gasteiger partial charge is 0.255 e. The Kier molecular flexibility index (Phi) is 4.70. The predicted octanol–water partition coefficient (Wildman–Crippen LogP) is -0.0991. The number of hydrogen-bond donors (Lipinski definition) is 5. The van der Waals surface area contributed by atoms with E-state index in [4.69, 9.17) is 5.73 Å². The zero-order valence-electron chi connectivity index (χ0n) is 18.2. The highest BCUT2D eigenvalue weighted by Crippen LogP contribution is 2.52. The first-order chi connectivity index (χ1) is 16.1. The number of aliphatic hydroxyl groups is 3. The quantitative estimate of drug-likeness (QED) is 0.306. The van der Waals surface area contributed by atoms with E-state index in [1.54, 1.807) is 18.5 Å². The highest BCUT2D eigenvalue weighted by Gasteiger charge is 2.59. The number of aromatic hydroxyl groups is 1. The minimum absolute atomic E-state index is 0.0179. The second kappa shape index (κ2) is 7.29. The molecule has 3 aliphatic carbocycles. The number of Topliss-reactive ketones (excluding diaryl/α,β-unsaturated/α-hetero) is 2. The number of allylic oxidation sites excluding steroid dienone is 2. The van der Waals surface area contributed by atoms with Crippen molar-refractivity contribution in [2.75, 3.05) is 0 Å². The third-order valence-electron chi connectivity index (χ3n) is 7.13. The molecule has 172 valence electrons. The molecule has 3 atom stereocenters. The van der Waals surface area contributed by atoms with E-state index in [0.29, 0.717) is 11.1 Å². The number of pyridine rings is 1. The van der Waals surface area contributed by atoms with Crippen LogP contribution in [0.15, 0.2) is 53.3 Å². The number of carbonyl (C=O) groups excluding carboxylic acids is 3. The van der Waals surface area contributed by atoms with Gasteiger partial charge in [0.15, 0.2) is 11.4 Å². The predicted molar refractivity (Wildman–Crippen MR) is 122 cm³/mol. The first-order valence-corrected chi connectivity index (χ1v) is 10.8. The summed E-state index contributed by atoms with van der Waals surface area (Å²) in [7, 11) is 1.88. The molecule has 0 fully saturated rings. The van der Waals surface area contributed by atoms with Crippen LogP contribution in [-0.4, -0.2) is 56.3 Å². The fraction of sp³-hybridized carbons (Fsp3) is 0.250. The number of phenols is 1. The maximum absolute atomic E-state index is 13.6. The number of benzene rings is 1. The maximum Gasteiger partial charge on any atom is 0.255 e. The van der Waals surface area contributed by atoms with Crippen molar-refractivity contribution in [3.05, 3.63) is 64.4 Å². The fourth-order valence-electron chi connectivity index (χ4n) is 5.59. The highest BCUT2D eigenvalue weighted by molar-refractivity contribution is 6.32. The van der Waals surface area contributed by atoms with Crippen molar-refractivity contribution in [1.29, 1.82) is 0 Å². The number of carbonyl (C=O) groups is 3. The van der Waals surface area contributed by atoms with E-state index in [2.05, 4.69) is 4.98 Å². The monoisotopic (exact) mass is 460 g/mol. The number of primary amides is 1. The minimum Gasteiger partial charge on any atom is -0.511 e. The Bertz CT molecular complexity index is 1380. The Morgan fingerprint density at radius 3 is 2.56 bits per heavy atom. The van der Waals surface area contributed by atoms with E-state index in [-0.39, 0.29) is 36.1 Å². The number of ketones is 2. The normalized spacial score (nSPS) is 26.1. The van der Waals surface area contributed by atoms with Gasteiger partial charge in [0.2, 0.25) is 5.78 Å². The van der Waals surface area contributed by atoms with Gasteiger partial charge < -0.3 is 26.2 Å². The summed E-state index contributed by atoms with van der Waals surface area (Å²) in [6, 6.07) is 4.98. The molecule has 1 aromatic carbocycles. The van der Waals surface area contributed by atoms with Crippen LogP contribution in [0.25, 0.3) is 11.1 Å². The standard InChI is InChI=1S/C24H21BN2O7/c25-12-4-10(7-27-8-12)13-1-2-15(28)18-14(13)5-9-3-11-6-16(29)19(23(26)33)22(32)24(11,34)21(31)17(9)20(18)30/h1-2,4,7-9,11,28-29,31,34H,3,5-6,25H2,(H2,26,33)/t9-,11+,24+/m1/s1. The van der Waals surface area contributed by atoms with Crippen LogP contribution in [0.4, 0.5) is 0 Å². The topological polar surface area (TPSA) is 171 Å². The SMILES string of the molecule is Bc1cncc(-c2ccc(O)c3c2C[C@H]2C[C@H]4CC(O)=C(C(N)=O)C(=O)[C@@]4(O)C(O)=C2C3=O)c1. The van der Waals surface area contributed by atoms with Crippen molar-refractivity contribution < 1.29 is 34.8 Å². The second-order valence-electron chi connectivity index (χ2n) is 9.15. The van der Waals surface area contributed by atoms with Gasteiger partial charge in [0.05, 0.1) is 5.56 Å². The molecule has 1 amide bonds. The van der Waals surface area contributed by atoms with Crippen LogP contribution >= 0.6 is 0 Å². The van der Waals surface area contributed by atoms with Gasteiger partial charge in [-0.3, -0.25) is 19.4 Å². The highest BCUT2D eigenvalue weighted by atomic mass is 16.3. The summed E-state index contributed by atoms with van der Waals surface area (Å²) in [6.07, 6.45) is 3.42. The van der Waals surface area contributed by atoms with Crippen LogP contribution < -0.4 is 11.2 Å². The lowest BCUT2D eigenvalue weighted by Gasteiger charge is -2.45. The van der Waals surface area contributed by atoms with Crippen molar-refractivity contribution >= 4 is 30.8 Å². The van der Waals surface area contributed by atoms with Gasteiger partial charge in [0.1, 0.15) is 30.7 Å². The zero-order valence-corrected chi connectivity index (χ0v) is 18.2. The number of aromatic nitrogens is 1. The lowest BCUT2D eigenvalue weighted by atomic mass is 9.60. The van der Waals surface area contributed by atoms with E-state index in [9.17, 15) is 34.8 Å². The summed E-state index contributed by atoms with van der Waals surface area (Å²) >= 11 is 0. The second-order valence-corrected chi connectivity index (χ2v) is 9.15. The number of nitrogens with two attached hydrogens (primary N) is 1. The molecule has 0 radical (unpaired) electrons. The molecule has 0 saturated carbocycles. The molecule has 0 aliphatic heterocycles. The van der Waals surface area contributed by atoms with Crippen molar-refractivity contribution in [2.45, 2.75) is 24.9 Å². The first kappa shape index (κ1) is 21.9. The van der Waals surface area contributed by atoms with Crippen molar-refractivity contribution in [3.63, 3.8) is 0 Å². The van der Waals surface area contributed by atoms with Crippen LogP contribution in [0.5, 0.6) is 5.75 Å². The molecular formula is C24H21BN2O7. The first-order valence-electron chi connectivity index (χ1n) is 10.8. The van der Waals surface area contributed by atoms with Crippen LogP contribution in [0.3, 0.4) is 0 Å². The van der Waals surface area contributed by atoms with Crippen molar-refractivity contribution in [2.24, 2.45) is 17.6 Å². The molecule has 1 heterocycles. The van der Waals surface area contributed by atoms with E-state index in [1.807, 2.05) is 13.9 Å². The number of aliphatic hydroxyl groups excluding tert-OH is 2. The van der Waals surface area contributed by atoms with E-state index in [0.717, 1.165) is 11.0 Å². The van der Waals surface area contributed by atoms with Gasteiger partial charge >= 0.3 is 0 Å². The third kappa shape index (κ3) is 2.85. The van der Waals surface area contributed by atoms with E-state index in [1.165, 1.54) is 6.07 Å². The van der Waals surface area contributed by atoms with E-state index >= 15 is 0 Å². The third-order valence-corrected chi connectivity index (χ3v) is 7.13. The molecule has 0 saturated heterocycles. The van der Waals surface area contributed by atoms with Crippen molar-refractivity contribution in [3.8, 4) is 16.9 Å². The Balaban J connectivity index is 1.69. The molecule has 6 N–H and O–H groups in total. The van der Waals surface area contributed by atoms with Crippen LogP contribution in [0.1, 0.15) is 28.8 Å². The number of fused-ring (bicyclic) bond motifs is 3. The maximum atomic E-state index is 13.6. The number of rotatable bonds is 2. The summed E-state index contributed by atoms with van der Waals surface area (Å²) in [5, 5.41) is 43.1. The summed E-state index contributed by atoms with van der Waals surface area (Å²) in [5.41, 5.74) is 4.60. The van der Waals surface area contributed by atoms with Gasteiger partial charge in [-0.05, 0) is 41.5 Å². The summed E-state index contributed by atoms with van der Waals surface area (Å²) < 4.78 is 0. The molecule has 0 bridgehead atoms. The van der Waals surface area contributed by atoms with Crippen LogP contribution in [0.2, 0.25) is 0 Å². The molecule has 3 aliphatic rings. The Morgan fingerprint density at radius 1 is 1.15 bits per heavy atom. The Hall–Kier alpha value is -3.92. The molecule has 0 unspecified atom stereocenters. The van der Waals surface area contributed by atoms with E-state index < -0.39 is 52.0 Å². The van der Waals surface area contributed by atoms with Gasteiger partial charge in [-0.2, -0.15) is 0 Å². The van der Waals surface area contributed by atoms with Gasteiger partial charge in [-0.15, -0.1) is 0 Å². The van der Waals surface area contributed by atoms with Gasteiger partial charge in [0.25, 0.3) is 5.91 Å². The lowest BCUT2D eigenvalue weighted by molar-refractivity contribution is -0.144. The lowest BCUT2D eigenvalue weighted by Crippen LogP contribution is -2.57. The molecule has 34 heavy (non-hydrogen) atoms. The molecular weight excluding hydrogens is 439 g/mol. The van der Waals surface area contributed by atoms with Crippen LogP contribution in [0, 0.1) is 11.8 Å². The molecule has 1 aromatic heterocycles. The summed E-state index contributed by atoms with van der Waals surface area (Å²) in [4.78, 5) is 42.5.